The van der Waals surface area contributed by atoms with Crippen LogP contribution in [0.25, 0.3) is 0 Å². The predicted octanol–water partition coefficient (Wildman–Crippen LogP) is 6.42. The molecule has 20 heavy (non-hydrogen) atoms. The van der Waals surface area contributed by atoms with Gasteiger partial charge in [0.1, 0.15) is 0 Å². The average molecular weight is 287 g/mol. The average Bonchev–Trinajstić information content (AvgIpc) is 2.41. The monoisotopic (exact) mass is 286 g/mol. The molecule has 0 amide bonds. The van der Waals surface area contributed by atoms with E-state index in [1.165, 1.54) is 88.4 Å². The first-order chi connectivity index (χ1) is 9.66. The van der Waals surface area contributed by atoms with Gasteiger partial charge < -0.3 is 4.48 Å². The fraction of sp³-hybridized carbons (Fsp3) is 1.00. The highest BCUT2D eigenvalue weighted by Crippen LogP contribution is 2.12. The summed E-state index contributed by atoms with van der Waals surface area (Å²) in [5.41, 5.74) is 0. The number of quaternary nitrogens is 1. The molecule has 0 fully saturated rings. The summed E-state index contributed by atoms with van der Waals surface area (Å²) in [5.74, 6) is 0. The number of rotatable bonds is 12. The van der Waals surface area contributed by atoms with Crippen molar-refractivity contribution in [3.05, 3.63) is 0 Å². The van der Waals surface area contributed by atoms with Gasteiger partial charge in [-0.2, -0.15) is 0 Å². The molecule has 0 aliphatic carbocycles. The van der Waals surface area contributed by atoms with E-state index in [1.807, 2.05) is 0 Å². The Morgan fingerprint density at radius 1 is 0.400 bits per heavy atom. The van der Waals surface area contributed by atoms with Gasteiger partial charge in [0.2, 0.25) is 0 Å². The van der Waals surface area contributed by atoms with Crippen molar-refractivity contribution in [2.24, 2.45) is 0 Å². The minimum Gasteiger partial charge on any atom is -0.324 e. The SMILES string of the molecule is CCCCCCC.CCC[N+](CCC)(CCC)CCC. The second-order valence-electron chi connectivity index (χ2n) is 6.30. The number of hydrogen-bond acceptors (Lipinski definition) is 0. The molecule has 0 saturated carbocycles. The van der Waals surface area contributed by atoms with Gasteiger partial charge in [0.05, 0.1) is 26.2 Å². The molecule has 0 aromatic heterocycles. The quantitative estimate of drug-likeness (QED) is 0.287. The molecule has 0 atom stereocenters. The number of nitrogens with zero attached hydrogens (tertiary/aromatic N) is 1. The van der Waals surface area contributed by atoms with Crippen molar-refractivity contribution < 1.29 is 4.48 Å². The molecule has 124 valence electrons. The largest absolute Gasteiger partial charge is 0.324 e. The molecule has 0 unspecified atom stereocenters. The van der Waals surface area contributed by atoms with Crippen LogP contribution in [0.4, 0.5) is 0 Å². The third kappa shape index (κ3) is 13.0. The molecule has 0 aliphatic rings. The van der Waals surface area contributed by atoms with Gasteiger partial charge in [-0.15, -0.1) is 0 Å². The van der Waals surface area contributed by atoms with Crippen LogP contribution in [0.15, 0.2) is 0 Å². The van der Waals surface area contributed by atoms with E-state index in [0.717, 1.165) is 0 Å². The van der Waals surface area contributed by atoms with Crippen LogP contribution in [0.5, 0.6) is 0 Å². The number of hydrogen-bond donors (Lipinski definition) is 0. The van der Waals surface area contributed by atoms with Gasteiger partial charge in [-0.25, -0.2) is 0 Å². The maximum atomic E-state index is 2.31. The molecular formula is C19H44N+. The van der Waals surface area contributed by atoms with Gasteiger partial charge in [-0.3, -0.25) is 0 Å². The molecule has 1 nitrogen and oxygen atoms in total. The highest BCUT2D eigenvalue weighted by atomic mass is 15.3. The minimum atomic E-state index is 1.33. The fourth-order valence-corrected chi connectivity index (χ4v) is 3.24. The topological polar surface area (TPSA) is 0 Å². The zero-order valence-corrected chi connectivity index (χ0v) is 15.6. The van der Waals surface area contributed by atoms with Crippen LogP contribution >= 0.6 is 0 Å². The summed E-state index contributed by atoms with van der Waals surface area (Å²) in [4.78, 5) is 0. The van der Waals surface area contributed by atoms with E-state index in [1.54, 1.807) is 0 Å². The lowest BCUT2D eigenvalue weighted by Gasteiger charge is -2.38. The summed E-state index contributed by atoms with van der Waals surface area (Å²) < 4.78 is 1.38. The molecule has 0 spiro atoms. The summed E-state index contributed by atoms with van der Waals surface area (Å²) in [6, 6.07) is 0. The molecule has 0 bridgehead atoms. The Bertz CT molecular complexity index is 132. The molecule has 0 radical (unpaired) electrons. The van der Waals surface area contributed by atoms with Crippen molar-refractivity contribution in [1.82, 2.24) is 0 Å². The molecule has 0 saturated heterocycles. The molecular weight excluding hydrogens is 242 g/mol. The second-order valence-corrected chi connectivity index (χ2v) is 6.30. The van der Waals surface area contributed by atoms with E-state index in [9.17, 15) is 0 Å². The molecule has 0 aliphatic heterocycles. The Morgan fingerprint density at radius 3 is 0.900 bits per heavy atom. The van der Waals surface area contributed by atoms with Crippen LogP contribution < -0.4 is 0 Å². The standard InChI is InChI=1S/C12H28N.C7H16/c1-5-9-13(10-6-2,11-7-3)12-8-4;1-3-5-7-6-4-2/h5-12H2,1-4H3;3-7H2,1-2H3/q+1;. The van der Waals surface area contributed by atoms with Crippen molar-refractivity contribution in [3.63, 3.8) is 0 Å². The summed E-state index contributed by atoms with van der Waals surface area (Å²) in [7, 11) is 0. The highest BCUT2D eigenvalue weighted by molar-refractivity contribution is 4.44. The molecule has 0 aromatic rings. The summed E-state index contributed by atoms with van der Waals surface area (Å²) in [5, 5.41) is 0. The summed E-state index contributed by atoms with van der Waals surface area (Å²) >= 11 is 0. The zero-order chi connectivity index (χ0) is 15.7. The van der Waals surface area contributed by atoms with Crippen LogP contribution in [0, 0.1) is 0 Å². The Balaban J connectivity index is 0. The lowest BCUT2D eigenvalue weighted by Crippen LogP contribution is -2.50. The Hall–Kier alpha value is -0.0400. The van der Waals surface area contributed by atoms with Crippen LogP contribution in [0.1, 0.15) is 99.3 Å². The van der Waals surface area contributed by atoms with Crippen molar-refractivity contribution in [3.8, 4) is 0 Å². The maximum absolute atomic E-state index is 2.31. The van der Waals surface area contributed by atoms with Gasteiger partial charge in [-0.05, 0) is 25.7 Å². The fourth-order valence-electron chi connectivity index (χ4n) is 3.24. The van der Waals surface area contributed by atoms with Crippen LogP contribution in [0.2, 0.25) is 0 Å². The Kier molecular flexibility index (Phi) is 18.9. The van der Waals surface area contributed by atoms with E-state index in [0.29, 0.717) is 0 Å². The lowest BCUT2D eigenvalue weighted by molar-refractivity contribution is -0.928. The van der Waals surface area contributed by atoms with Gasteiger partial charge in [0.15, 0.2) is 0 Å². The van der Waals surface area contributed by atoms with Gasteiger partial charge in [0, 0.05) is 0 Å². The van der Waals surface area contributed by atoms with E-state index in [-0.39, 0.29) is 0 Å². The molecule has 1 heteroatoms. The Morgan fingerprint density at radius 2 is 0.700 bits per heavy atom. The van der Waals surface area contributed by atoms with Gasteiger partial charge in [-0.1, -0.05) is 73.6 Å². The first-order valence-electron chi connectivity index (χ1n) is 9.51. The van der Waals surface area contributed by atoms with E-state index >= 15 is 0 Å². The molecule has 0 heterocycles. The van der Waals surface area contributed by atoms with Crippen LogP contribution in [-0.4, -0.2) is 30.7 Å². The zero-order valence-electron chi connectivity index (χ0n) is 15.6. The van der Waals surface area contributed by atoms with Gasteiger partial charge >= 0.3 is 0 Å². The first kappa shape index (κ1) is 22.2. The lowest BCUT2D eigenvalue weighted by atomic mass is 10.2. The molecule has 0 rings (SSSR count). The first-order valence-corrected chi connectivity index (χ1v) is 9.51. The minimum absolute atomic E-state index is 1.33. The summed E-state index contributed by atoms with van der Waals surface area (Å²) in [6.07, 6.45) is 12.3. The smallest absolute Gasteiger partial charge is 0.0783 e. The Labute approximate surface area is 130 Å². The van der Waals surface area contributed by atoms with Gasteiger partial charge in [0.25, 0.3) is 0 Å². The third-order valence-corrected chi connectivity index (χ3v) is 4.00. The normalized spacial score (nSPS) is 11.1. The van der Waals surface area contributed by atoms with E-state index in [2.05, 4.69) is 41.5 Å². The maximum Gasteiger partial charge on any atom is 0.0783 e. The predicted molar refractivity (Wildman–Crippen MR) is 95.3 cm³/mol. The molecule has 0 N–H and O–H groups in total. The van der Waals surface area contributed by atoms with Crippen molar-refractivity contribution in [2.75, 3.05) is 26.2 Å². The van der Waals surface area contributed by atoms with Crippen LogP contribution in [-0.2, 0) is 0 Å². The van der Waals surface area contributed by atoms with Crippen molar-refractivity contribution in [1.29, 1.82) is 0 Å². The van der Waals surface area contributed by atoms with E-state index in [4.69, 9.17) is 0 Å². The second kappa shape index (κ2) is 17.0. The summed E-state index contributed by atoms with van der Waals surface area (Å²) in [6.45, 7) is 19.3. The van der Waals surface area contributed by atoms with Crippen molar-refractivity contribution in [2.45, 2.75) is 99.3 Å². The number of unbranched alkanes of at least 4 members (excludes halogenated alkanes) is 4. The van der Waals surface area contributed by atoms with Crippen molar-refractivity contribution >= 4 is 0 Å². The van der Waals surface area contributed by atoms with E-state index < -0.39 is 0 Å². The molecule has 0 aromatic carbocycles. The van der Waals surface area contributed by atoms with Crippen LogP contribution in [0.3, 0.4) is 0 Å². The highest BCUT2D eigenvalue weighted by Gasteiger charge is 2.22. The third-order valence-electron chi connectivity index (χ3n) is 4.00.